The minimum atomic E-state index is -0.137. The van der Waals surface area contributed by atoms with Crippen LogP contribution in [-0.4, -0.2) is 46.5 Å². The molecule has 164 valence electrons. The highest BCUT2D eigenvalue weighted by atomic mass is 16.1. The van der Waals surface area contributed by atoms with Crippen LogP contribution >= 0.6 is 0 Å². The minimum Gasteiger partial charge on any atom is -0.338 e. The molecule has 4 rings (SSSR count). The second kappa shape index (κ2) is 9.10. The van der Waals surface area contributed by atoms with Crippen LogP contribution in [0.2, 0.25) is 0 Å². The summed E-state index contributed by atoms with van der Waals surface area (Å²) < 4.78 is 0. The number of piperazine rings is 1. The van der Waals surface area contributed by atoms with Gasteiger partial charge in [-0.1, -0.05) is 44.2 Å². The molecule has 0 aliphatic carbocycles. The zero-order chi connectivity index (χ0) is 22.7. The number of aryl methyl sites for hydroxylation is 1. The summed E-state index contributed by atoms with van der Waals surface area (Å²) in [4.78, 5) is 28.6. The Morgan fingerprint density at radius 2 is 1.97 bits per heavy atom. The largest absolute Gasteiger partial charge is 0.338 e. The maximum atomic E-state index is 12.6. The summed E-state index contributed by atoms with van der Waals surface area (Å²) >= 11 is 0. The first-order chi connectivity index (χ1) is 15.5. The van der Waals surface area contributed by atoms with E-state index in [2.05, 4.69) is 38.9 Å². The quantitative estimate of drug-likeness (QED) is 0.376. The van der Waals surface area contributed by atoms with Crippen LogP contribution in [0.4, 0.5) is 11.6 Å². The first-order valence-electron chi connectivity index (χ1n) is 10.8. The SMILES string of the molecule is Cc1ccccc1N/C(=N\C#N)N1CCN(c2nc3ccccc3c(=O)[nH]2)CC1C(C)C. The van der Waals surface area contributed by atoms with Gasteiger partial charge in [0.1, 0.15) is 0 Å². The van der Waals surface area contributed by atoms with Crippen molar-refractivity contribution < 1.29 is 0 Å². The highest BCUT2D eigenvalue weighted by molar-refractivity contribution is 5.95. The van der Waals surface area contributed by atoms with Gasteiger partial charge in [-0.05, 0) is 36.6 Å². The lowest BCUT2D eigenvalue weighted by molar-refractivity contribution is 0.223. The van der Waals surface area contributed by atoms with Crippen molar-refractivity contribution in [3.63, 3.8) is 0 Å². The molecule has 1 saturated heterocycles. The molecule has 3 aromatic rings. The van der Waals surface area contributed by atoms with Crippen LogP contribution in [0.3, 0.4) is 0 Å². The Morgan fingerprint density at radius 1 is 1.22 bits per heavy atom. The normalized spacial score (nSPS) is 17.0. The van der Waals surface area contributed by atoms with E-state index in [9.17, 15) is 10.1 Å². The molecule has 0 radical (unpaired) electrons. The molecular formula is C24H27N7O. The van der Waals surface area contributed by atoms with Crippen molar-refractivity contribution in [2.45, 2.75) is 26.8 Å². The summed E-state index contributed by atoms with van der Waals surface area (Å²) in [6.45, 7) is 8.25. The van der Waals surface area contributed by atoms with Gasteiger partial charge in [0.15, 0.2) is 0 Å². The Morgan fingerprint density at radius 3 is 2.72 bits per heavy atom. The van der Waals surface area contributed by atoms with E-state index < -0.39 is 0 Å². The molecule has 1 unspecified atom stereocenters. The third kappa shape index (κ3) is 4.28. The number of anilines is 2. The Kier molecular flexibility index (Phi) is 6.08. The maximum absolute atomic E-state index is 12.6. The van der Waals surface area contributed by atoms with Crippen molar-refractivity contribution >= 4 is 28.5 Å². The number of hydrogen-bond donors (Lipinski definition) is 2. The van der Waals surface area contributed by atoms with Gasteiger partial charge in [0.25, 0.3) is 5.56 Å². The zero-order valence-corrected chi connectivity index (χ0v) is 18.5. The average Bonchev–Trinajstić information content (AvgIpc) is 2.79. The first-order valence-corrected chi connectivity index (χ1v) is 10.8. The number of fused-ring (bicyclic) bond motifs is 1. The number of nitrogens with zero attached hydrogens (tertiary/aromatic N) is 5. The molecular weight excluding hydrogens is 402 g/mol. The van der Waals surface area contributed by atoms with Gasteiger partial charge in [-0.25, -0.2) is 4.98 Å². The third-order valence-electron chi connectivity index (χ3n) is 5.91. The highest BCUT2D eigenvalue weighted by Gasteiger charge is 2.33. The Balaban J connectivity index is 1.62. The topological polar surface area (TPSA) is 100 Å². The Bertz CT molecular complexity index is 1240. The smallest absolute Gasteiger partial charge is 0.260 e. The lowest BCUT2D eigenvalue weighted by Gasteiger charge is -2.44. The molecule has 0 spiro atoms. The van der Waals surface area contributed by atoms with Crippen molar-refractivity contribution in [3.8, 4) is 6.19 Å². The van der Waals surface area contributed by atoms with Crippen LogP contribution in [-0.2, 0) is 0 Å². The number of nitriles is 1. The number of aromatic amines is 1. The highest BCUT2D eigenvalue weighted by Crippen LogP contribution is 2.23. The van der Waals surface area contributed by atoms with E-state index in [0.29, 0.717) is 42.4 Å². The van der Waals surface area contributed by atoms with Crippen molar-refractivity contribution in [1.29, 1.82) is 5.26 Å². The lowest BCUT2D eigenvalue weighted by atomic mass is 10.00. The molecule has 2 heterocycles. The predicted octanol–water partition coefficient (Wildman–Crippen LogP) is 3.33. The second-order valence-corrected chi connectivity index (χ2v) is 8.33. The molecule has 0 amide bonds. The first kappa shape index (κ1) is 21.4. The fraction of sp³-hybridized carbons (Fsp3) is 0.333. The molecule has 2 aromatic carbocycles. The number of hydrogen-bond acceptors (Lipinski definition) is 5. The van der Waals surface area contributed by atoms with Gasteiger partial charge in [-0.3, -0.25) is 9.78 Å². The fourth-order valence-electron chi connectivity index (χ4n) is 4.10. The van der Waals surface area contributed by atoms with Gasteiger partial charge < -0.3 is 15.1 Å². The summed E-state index contributed by atoms with van der Waals surface area (Å²) in [6, 6.07) is 15.4. The standard InChI is InChI=1S/C24H27N7O/c1-16(2)21-14-30(24-28-20-11-7-5-9-18(20)22(32)29-24)12-13-31(21)23(26-15-25)27-19-10-6-4-8-17(19)3/h4-11,16,21H,12-14H2,1-3H3,(H,26,27)(H,28,29,32). The summed E-state index contributed by atoms with van der Waals surface area (Å²) in [6.07, 6.45) is 1.95. The zero-order valence-electron chi connectivity index (χ0n) is 18.5. The van der Waals surface area contributed by atoms with E-state index in [0.717, 1.165) is 11.3 Å². The van der Waals surface area contributed by atoms with Gasteiger partial charge in [0.2, 0.25) is 18.1 Å². The molecule has 1 fully saturated rings. The number of aromatic nitrogens is 2. The minimum absolute atomic E-state index is 0.0733. The van der Waals surface area contributed by atoms with E-state index in [-0.39, 0.29) is 17.5 Å². The van der Waals surface area contributed by atoms with E-state index in [1.807, 2.05) is 55.6 Å². The monoisotopic (exact) mass is 429 g/mol. The molecule has 8 heteroatoms. The fourth-order valence-corrected chi connectivity index (χ4v) is 4.10. The molecule has 2 N–H and O–H groups in total. The van der Waals surface area contributed by atoms with E-state index in [4.69, 9.17) is 4.98 Å². The number of para-hydroxylation sites is 2. The van der Waals surface area contributed by atoms with Crippen molar-refractivity contribution in [3.05, 3.63) is 64.4 Å². The molecule has 1 aromatic heterocycles. The molecule has 1 aliphatic rings. The van der Waals surface area contributed by atoms with E-state index in [1.165, 1.54) is 0 Å². The van der Waals surface area contributed by atoms with Gasteiger partial charge >= 0.3 is 0 Å². The number of rotatable bonds is 3. The van der Waals surface area contributed by atoms with Crippen LogP contribution in [0.5, 0.6) is 0 Å². The number of aliphatic imine (C=N–C) groups is 1. The molecule has 0 bridgehead atoms. The van der Waals surface area contributed by atoms with Crippen molar-refractivity contribution in [1.82, 2.24) is 14.9 Å². The van der Waals surface area contributed by atoms with Crippen LogP contribution in [0.15, 0.2) is 58.3 Å². The number of nitrogens with one attached hydrogen (secondary N) is 2. The van der Waals surface area contributed by atoms with Crippen LogP contribution < -0.4 is 15.8 Å². The molecule has 1 atom stereocenters. The van der Waals surface area contributed by atoms with E-state index in [1.54, 1.807) is 6.07 Å². The molecule has 32 heavy (non-hydrogen) atoms. The third-order valence-corrected chi connectivity index (χ3v) is 5.91. The maximum Gasteiger partial charge on any atom is 0.260 e. The predicted molar refractivity (Wildman–Crippen MR) is 128 cm³/mol. The lowest BCUT2D eigenvalue weighted by Crippen LogP contribution is -2.59. The summed E-state index contributed by atoms with van der Waals surface area (Å²) in [5.41, 5.74) is 2.55. The molecule has 8 nitrogen and oxygen atoms in total. The Labute approximate surface area is 187 Å². The van der Waals surface area contributed by atoms with Crippen LogP contribution in [0.25, 0.3) is 10.9 Å². The number of guanidine groups is 1. The van der Waals surface area contributed by atoms with E-state index >= 15 is 0 Å². The molecule has 1 aliphatic heterocycles. The van der Waals surface area contributed by atoms with Crippen molar-refractivity contribution in [2.75, 3.05) is 29.9 Å². The van der Waals surface area contributed by atoms with Gasteiger partial charge in [0.05, 0.1) is 16.9 Å². The Hall–Kier alpha value is -3.86. The number of benzene rings is 2. The van der Waals surface area contributed by atoms with Gasteiger partial charge in [-0.15, -0.1) is 4.99 Å². The molecule has 0 saturated carbocycles. The van der Waals surface area contributed by atoms with Crippen molar-refractivity contribution in [2.24, 2.45) is 10.9 Å². The summed E-state index contributed by atoms with van der Waals surface area (Å²) in [5.74, 6) is 1.40. The average molecular weight is 430 g/mol. The van der Waals surface area contributed by atoms with Crippen LogP contribution in [0.1, 0.15) is 19.4 Å². The number of H-pyrrole nitrogens is 1. The second-order valence-electron chi connectivity index (χ2n) is 8.33. The summed E-state index contributed by atoms with van der Waals surface area (Å²) in [7, 11) is 0. The summed E-state index contributed by atoms with van der Waals surface area (Å²) in [5, 5.41) is 13.3. The van der Waals surface area contributed by atoms with Gasteiger partial charge in [-0.2, -0.15) is 5.26 Å². The van der Waals surface area contributed by atoms with Crippen LogP contribution in [0, 0.1) is 24.3 Å². The van der Waals surface area contributed by atoms with Gasteiger partial charge in [0, 0.05) is 25.3 Å².